The summed E-state index contributed by atoms with van der Waals surface area (Å²) < 4.78 is 5.06. The number of aryl methyl sites for hydroxylation is 2. The maximum absolute atomic E-state index is 11.8. The van der Waals surface area contributed by atoms with Gasteiger partial charge in [0.15, 0.2) is 0 Å². The Balaban J connectivity index is 3.29. The van der Waals surface area contributed by atoms with E-state index in [2.05, 4.69) is 4.98 Å². The van der Waals surface area contributed by atoms with E-state index in [-0.39, 0.29) is 11.9 Å². The number of hydrogen-bond acceptors (Lipinski definition) is 3. The summed E-state index contributed by atoms with van der Waals surface area (Å²) in [5, 5.41) is 0. The predicted molar refractivity (Wildman–Crippen MR) is 63.8 cm³/mol. The molecule has 1 heterocycles. The van der Waals surface area contributed by atoms with Crippen molar-refractivity contribution in [3.05, 3.63) is 28.6 Å². The van der Waals surface area contributed by atoms with Crippen molar-refractivity contribution in [2.75, 3.05) is 6.61 Å². The third-order valence-electron chi connectivity index (χ3n) is 2.40. The van der Waals surface area contributed by atoms with Crippen LogP contribution in [-0.2, 0) is 4.74 Å². The summed E-state index contributed by atoms with van der Waals surface area (Å²) in [5.74, 6) is -0.0470. The quantitative estimate of drug-likeness (QED) is 0.736. The third kappa shape index (κ3) is 2.60. The summed E-state index contributed by atoms with van der Waals surface area (Å²) in [6, 6.07) is 1.91. The lowest BCUT2D eigenvalue weighted by Gasteiger charge is -2.14. The van der Waals surface area contributed by atoms with Crippen molar-refractivity contribution in [1.82, 2.24) is 4.98 Å². The van der Waals surface area contributed by atoms with Crippen LogP contribution in [-0.4, -0.2) is 17.6 Å². The molecule has 0 aliphatic rings. The van der Waals surface area contributed by atoms with Gasteiger partial charge in [-0.05, 0) is 38.3 Å². The summed E-state index contributed by atoms with van der Waals surface area (Å²) in [6.45, 7) is 10.1. The number of nitrogens with zero attached hydrogens (tertiary/aromatic N) is 1. The van der Waals surface area contributed by atoms with Gasteiger partial charge >= 0.3 is 5.97 Å². The molecule has 0 fully saturated rings. The number of rotatable bonds is 3. The fraction of sp³-hybridized carbons (Fsp3) is 0.538. The van der Waals surface area contributed by atoms with Gasteiger partial charge in [0.2, 0.25) is 0 Å². The lowest BCUT2D eigenvalue weighted by molar-refractivity contribution is 0.0523. The second-order valence-corrected chi connectivity index (χ2v) is 4.22. The normalized spacial score (nSPS) is 10.6. The number of ether oxygens (including phenoxy) is 1. The lowest BCUT2D eigenvalue weighted by atomic mass is 9.99. The fourth-order valence-electron chi connectivity index (χ4n) is 1.75. The van der Waals surface area contributed by atoms with Gasteiger partial charge in [0.05, 0.1) is 17.9 Å². The van der Waals surface area contributed by atoms with Crippen LogP contribution in [0.15, 0.2) is 6.07 Å². The van der Waals surface area contributed by atoms with Gasteiger partial charge in [-0.2, -0.15) is 0 Å². The molecule has 0 aliphatic heterocycles. The van der Waals surface area contributed by atoms with Crippen LogP contribution in [0.3, 0.4) is 0 Å². The Bertz CT molecular complexity index is 397. The Kier molecular flexibility index (Phi) is 4.05. The molecule has 0 N–H and O–H groups in total. The molecule has 0 aromatic carbocycles. The zero-order valence-electron chi connectivity index (χ0n) is 10.6. The number of pyridine rings is 1. The Morgan fingerprint density at radius 2 is 2.06 bits per heavy atom. The van der Waals surface area contributed by atoms with Crippen LogP contribution in [0.2, 0.25) is 0 Å². The molecule has 1 aromatic heterocycles. The Morgan fingerprint density at radius 1 is 1.44 bits per heavy atom. The SMILES string of the molecule is CCOC(=O)c1c(C)cc(C)nc1C(C)C. The molecule has 1 aromatic rings. The van der Waals surface area contributed by atoms with Crippen LogP contribution in [0, 0.1) is 13.8 Å². The van der Waals surface area contributed by atoms with Crippen LogP contribution in [0.5, 0.6) is 0 Å². The first-order valence-corrected chi connectivity index (χ1v) is 5.62. The summed E-state index contributed by atoms with van der Waals surface area (Å²) in [7, 11) is 0. The molecular weight excluding hydrogens is 202 g/mol. The first-order chi connectivity index (χ1) is 7.47. The van der Waals surface area contributed by atoms with Gasteiger partial charge in [0.1, 0.15) is 0 Å². The largest absolute Gasteiger partial charge is 0.462 e. The van der Waals surface area contributed by atoms with Crippen LogP contribution >= 0.6 is 0 Å². The van der Waals surface area contributed by atoms with Crippen LogP contribution in [0.4, 0.5) is 0 Å². The lowest BCUT2D eigenvalue weighted by Crippen LogP contribution is -2.13. The number of esters is 1. The van der Waals surface area contributed by atoms with Crippen LogP contribution in [0.25, 0.3) is 0 Å². The first-order valence-electron chi connectivity index (χ1n) is 5.62. The summed E-state index contributed by atoms with van der Waals surface area (Å²) in [6.07, 6.45) is 0. The maximum Gasteiger partial charge on any atom is 0.340 e. The van der Waals surface area contributed by atoms with Gasteiger partial charge in [0, 0.05) is 5.69 Å². The molecule has 0 unspecified atom stereocenters. The summed E-state index contributed by atoms with van der Waals surface area (Å²) in [5.41, 5.74) is 3.34. The van der Waals surface area contributed by atoms with E-state index < -0.39 is 0 Å². The molecule has 88 valence electrons. The van der Waals surface area contributed by atoms with E-state index in [4.69, 9.17) is 4.74 Å². The van der Waals surface area contributed by atoms with Gasteiger partial charge < -0.3 is 4.74 Å². The molecule has 16 heavy (non-hydrogen) atoms. The molecule has 0 atom stereocenters. The molecule has 0 bridgehead atoms. The minimum atomic E-state index is -0.267. The van der Waals surface area contributed by atoms with Gasteiger partial charge in [0.25, 0.3) is 0 Å². The standard InChI is InChI=1S/C13H19NO2/c1-6-16-13(15)11-9(4)7-10(5)14-12(11)8(2)3/h7-8H,6H2,1-5H3. The number of carbonyl (C=O) groups is 1. The topological polar surface area (TPSA) is 39.2 Å². The molecule has 3 heteroatoms. The highest BCUT2D eigenvalue weighted by Crippen LogP contribution is 2.22. The molecule has 0 saturated heterocycles. The first kappa shape index (κ1) is 12.7. The van der Waals surface area contributed by atoms with E-state index in [0.29, 0.717) is 12.2 Å². The van der Waals surface area contributed by atoms with Gasteiger partial charge in [-0.1, -0.05) is 13.8 Å². The van der Waals surface area contributed by atoms with Crippen molar-refractivity contribution in [3.63, 3.8) is 0 Å². The second kappa shape index (κ2) is 5.10. The zero-order valence-corrected chi connectivity index (χ0v) is 10.6. The molecule has 1 rings (SSSR count). The van der Waals surface area contributed by atoms with Crippen molar-refractivity contribution >= 4 is 5.97 Å². The van der Waals surface area contributed by atoms with Crippen molar-refractivity contribution < 1.29 is 9.53 Å². The van der Waals surface area contributed by atoms with E-state index in [0.717, 1.165) is 17.0 Å². The molecular formula is C13H19NO2. The number of hydrogen-bond donors (Lipinski definition) is 0. The van der Waals surface area contributed by atoms with E-state index in [1.807, 2.05) is 40.7 Å². The van der Waals surface area contributed by atoms with Crippen molar-refractivity contribution in [2.45, 2.75) is 40.5 Å². The molecule has 0 saturated carbocycles. The highest BCUT2D eigenvalue weighted by molar-refractivity contribution is 5.92. The van der Waals surface area contributed by atoms with Gasteiger partial charge in [-0.25, -0.2) is 4.79 Å². The van der Waals surface area contributed by atoms with Gasteiger partial charge in [-0.3, -0.25) is 4.98 Å². The maximum atomic E-state index is 11.8. The fourth-order valence-corrected chi connectivity index (χ4v) is 1.75. The molecule has 3 nitrogen and oxygen atoms in total. The van der Waals surface area contributed by atoms with Crippen LogP contribution < -0.4 is 0 Å². The highest BCUT2D eigenvalue weighted by atomic mass is 16.5. The minimum absolute atomic E-state index is 0.220. The van der Waals surface area contributed by atoms with Crippen molar-refractivity contribution in [3.8, 4) is 0 Å². The summed E-state index contributed by atoms with van der Waals surface area (Å²) >= 11 is 0. The second-order valence-electron chi connectivity index (χ2n) is 4.22. The third-order valence-corrected chi connectivity index (χ3v) is 2.40. The van der Waals surface area contributed by atoms with E-state index in [1.165, 1.54) is 0 Å². The Hall–Kier alpha value is -1.38. The average Bonchev–Trinajstić information content (AvgIpc) is 2.16. The van der Waals surface area contributed by atoms with Crippen LogP contribution in [0.1, 0.15) is 54.0 Å². The monoisotopic (exact) mass is 221 g/mol. The highest BCUT2D eigenvalue weighted by Gasteiger charge is 2.19. The van der Waals surface area contributed by atoms with E-state index in [1.54, 1.807) is 0 Å². The predicted octanol–water partition coefficient (Wildman–Crippen LogP) is 3.00. The van der Waals surface area contributed by atoms with Crippen molar-refractivity contribution in [1.29, 1.82) is 0 Å². The minimum Gasteiger partial charge on any atom is -0.462 e. The Morgan fingerprint density at radius 3 is 2.56 bits per heavy atom. The number of aromatic nitrogens is 1. The molecule has 0 radical (unpaired) electrons. The average molecular weight is 221 g/mol. The molecule has 0 amide bonds. The number of carbonyl (C=O) groups excluding carboxylic acids is 1. The molecule has 0 aliphatic carbocycles. The van der Waals surface area contributed by atoms with Crippen molar-refractivity contribution in [2.24, 2.45) is 0 Å². The zero-order chi connectivity index (χ0) is 12.3. The Labute approximate surface area is 96.8 Å². The molecule has 0 spiro atoms. The van der Waals surface area contributed by atoms with Gasteiger partial charge in [-0.15, -0.1) is 0 Å². The van der Waals surface area contributed by atoms with E-state index >= 15 is 0 Å². The van der Waals surface area contributed by atoms with E-state index in [9.17, 15) is 4.79 Å². The smallest absolute Gasteiger partial charge is 0.340 e. The summed E-state index contributed by atoms with van der Waals surface area (Å²) in [4.78, 5) is 16.3.